The average molecular weight is 276 g/mol. The second-order valence-electron chi connectivity index (χ2n) is 5.41. The van der Waals surface area contributed by atoms with Gasteiger partial charge >= 0.3 is 0 Å². The zero-order valence-corrected chi connectivity index (χ0v) is 12.6. The van der Waals surface area contributed by atoms with Crippen LogP contribution in [0.1, 0.15) is 50.7 Å². The molecular formula is C15H24N4O. The molecule has 0 unspecified atom stereocenters. The van der Waals surface area contributed by atoms with E-state index in [1.165, 1.54) is 0 Å². The van der Waals surface area contributed by atoms with Crippen LogP contribution in [0.4, 0.5) is 5.69 Å². The van der Waals surface area contributed by atoms with Crippen LogP contribution in [-0.4, -0.2) is 18.4 Å². The number of guanidine groups is 1. The number of nitrogens with two attached hydrogens (primary N) is 2. The fourth-order valence-electron chi connectivity index (χ4n) is 2.04. The van der Waals surface area contributed by atoms with E-state index in [0.717, 1.165) is 16.8 Å². The Kier molecular flexibility index (Phi) is 5.55. The Morgan fingerprint density at radius 2 is 1.65 bits per heavy atom. The van der Waals surface area contributed by atoms with Crippen molar-refractivity contribution in [3.63, 3.8) is 0 Å². The van der Waals surface area contributed by atoms with Crippen molar-refractivity contribution in [1.29, 1.82) is 0 Å². The van der Waals surface area contributed by atoms with Crippen LogP contribution in [0.3, 0.4) is 0 Å². The van der Waals surface area contributed by atoms with Gasteiger partial charge in [-0.1, -0.05) is 45.9 Å². The van der Waals surface area contributed by atoms with Gasteiger partial charge in [-0.2, -0.15) is 0 Å². The van der Waals surface area contributed by atoms with E-state index in [1.807, 2.05) is 18.2 Å². The Balaban J connectivity index is 3.08. The number of nitrogens with zero attached hydrogens (tertiary/aromatic N) is 1. The number of nitrogens with one attached hydrogen (secondary N) is 1. The molecule has 5 heteroatoms. The molecule has 0 radical (unpaired) electrons. The third-order valence-electron chi connectivity index (χ3n) is 3.04. The zero-order chi connectivity index (χ0) is 15.3. The van der Waals surface area contributed by atoms with Gasteiger partial charge in [0, 0.05) is 5.69 Å². The Morgan fingerprint density at radius 1 is 1.15 bits per heavy atom. The van der Waals surface area contributed by atoms with Gasteiger partial charge in [-0.25, -0.2) is 4.99 Å². The molecule has 0 saturated heterocycles. The Labute approximate surface area is 120 Å². The highest BCUT2D eigenvalue weighted by Crippen LogP contribution is 2.32. The van der Waals surface area contributed by atoms with E-state index in [9.17, 15) is 4.79 Å². The fraction of sp³-hybridized carbons (Fsp3) is 0.467. The van der Waals surface area contributed by atoms with Gasteiger partial charge in [-0.05, 0) is 23.0 Å². The second-order valence-corrected chi connectivity index (χ2v) is 5.41. The van der Waals surface area contributed by atoms with Gasteiger partial charge in [-0.3, -0.25) is 4.79 Å². The van der Waals surface area contributed by atoms with E-state index in [1.54, 1.807) is 0 Å². The van der Waals surface area contributed by atoms with Gasteiger partial charge < -0.3 is 16.8 Å². The molecule has 1 amide bonds. The predicted octanol–water partition coefficient (Wildman–Crippen LogP) is 2.15. The third kappa shape index (κ3) is 4.26. The predicted molar refractivity (Wildman–Crippen MR) is 83.9 cm³/mol. The van der Waals surface area contributed by atoms with Gasteiger partial charge in [0.1, 0.15) is 6.54 Å². The first-order valence-corrected chi connectivity index (χ1v) is 6.81. The lowest BCUT2D eigenvalue weighted by Gasteiger charge is -2.19. The SMILES string of the molecule is CC(C)c1cccc(C(C)C)c1NC(=O)CN=C(N)N. The molecular weight excluding hydrogens is 252 g/mol. The first-order valence-electron chi connectivity index (χ1n) is 6.81. The highest BCUT2D eigenvalue weighted by molar-refractivity contribution is 5.95. The van der Waals surface area contributed by atoms with E-state index in [4.69, 9.17) is 11.5 Å². The summed E-state index contributed by atoms with van der Waals surface area (Å²) in [4.78, 5) is 15.7. The van der Waals surface area contributed by atoms with E-state index >= 15 is 0 Å². The molecule has 0 bridgehead atoms. The number of para-hydroxylation sites is 1. The average Bonchev–Trinajstić information content (AvgIpc) is 2.36. The molecule has 0 aliphatic carbocycles. The second kappa shape index (κ2) is 6.93. The highest BCUT2D eigenvalue weighted by Gasteiger charge is 2.15. The van der Waals surface area contributed by atoms with Crippen LogP contribution in [0.25, 0.3) is 0 Å². The lowest BCUT2D eigenvalue weighted by atomic mass is 9.92. The summed E-state index contributed by atoms with van der Waals surface area (Å²) >= 11 is 0. The summed E-state index contributed by atoms with van der Waals surface area (Å²) in [6, 6.07) is 6.09. The van der Waals surface area contributed by atoms with Crippen LogP contribution >= 0.6 is 0 Å². The number of carbonyl (C=O) groups is 1. The zero-order valence-electron chi connectivity index (χ0n) is 12.6. The molecule has 1 rings (SSSR count). The standard InChI is InChI=1S/C15H24N4O/c1-9(2)11-6-5-7-12(10(3)4)14(11)19-13(20)8-18-15(16)17/h5-7,9-10H,8H2,1-4H3,(H,19,20)(H4,16,17,18). The lowest BCUT2D eigenvalue weighted by Crippen LogP contribution is -2.26. The van der Waals surface area contributed by atoms with Crippen molar-refractivity contribution in [3.8, 4) is 0 Å². The number of rotatable bonds is 5. The molecule has 0 saturated carbocycles. The van der Waals surface area contributed by atoms with Gasteiger partial charge in [0.25, 0.3) is 0 Å². The molecule has 0 atom stereocenters. The van der Waals surface area contributed by atoms with Gasteiger partial charge in [0.2, 0.25) is 5.91 Å². The number of carbonyl (C=O) groups excluding carboxylic acids is 1. The van der Waals surface area contributed by atoms with Crippen LogP contribution < -0.4 is 16.8 Å². The van der Waals surface area contributed by atoms with Crippen LogP contribution in [0.5, 0.6) is 0 Å². The van der Waals surface area contributed by atoms with Crippen molar-refractivity contribution < 1.29 is 4.79 Å². The number of benzene rings is 1. The third-order valence-corrected chi connectivity index (χ3v) is 3.04. The first kappa shape index (κ1) is 16.0. The molecule has 0 aliphatic heterocycles. The van der Waals surface area contributed by atoms with E-state index in [-0.39, 0.29) is 18.4 Å². The fourth-order valence-corrected chi connectivity index (χ4v) is 2.04. The smallest absolute Gasteiger partial charge is 0.246 e. The normalized spacial score (nSPS) is 10.7. The van der Waals surface area contributed by atoms with Gasteiger partial charge in [-0.15, -0.1) is 0 Å². The number of hydrogen-bond acceptors (Lipinski definition) is 2. The molecule has 110 valence electrons. The largest absolute Gasteiger partial charge is 0.370 e. The van der Waals surface area contributed by atoms with Crippen molar-refractivity contribution in [3.05, 3.63) is 29.3 Å². The van der Waals surface area contributed by atoms with Crippen LogP contribution in [0.15, 0.2) is 23.2 Å². The maximum Gasteiger partial charge on any atom is 0.246 e. The quantitative estimate of drug-likeness (QED) is 0.568. The number of anilines is 1. The molecule has 0 aromatic heterocycles. The Hall–Kier alpha value is -2.04. The first-order chi connectivity index (χ1) is 9.32. The van der Waals surface area contributed by atoms with Gasteiger partial charge in [0.15, 0.2) is 5.96 Å². The van der Waals surface area contributed by atoms with Crippen molar-refractivity contribution in [2.24, 2.45) is 16.5 Å². The molecule has 5 nitrogen and oxygen atoms in total. The minimum absolute atomic E-state index is 0.0632. The lowest BCUT2D eigenvalue weighted by molar-refractivity contribution is -0.114. The van der Waals surface area contributed by atoms with Crippen molar-refractivity contribution in [2.75, 3.05) is 11.9 Å². The summed E-state index contributed by atoms with van der Waals surface area (Å²) in [5.74, 6) is 0.355. The summed E-state index contributed by atoms with van der Waals surface area (Å²) in [5, 5.41) is 2.94. The topological polar surface area (TPSA) is 93.5 Å². The highest BCUT2D eigenvalue weighted by atomic mass is 16.1. The number of hydrogen-bond donors (Lipinski definition) is 3. The summed E-state index contributed by atoms with van der Waals surface area (Å²) in [6.07, 6.45) is 0. The molecule has 1 aromatic carbocycles. The Bertz CT molecular complexity index is 476. The molecule has 0 heterocycles. The minimum Gasteiger partial charge on any atom is -0.370 e. The summed E-state index contributed by atoms with van der Waals surface area (Å²) in [7, 11) is 0. The summed E-state index contributed by atoms with van der Waals surface area (Å²) < 4.78 is 0. The van der Waals surface area contributed by atoms with Crippen molar-refractivity contribution in [2.45, 2.75) is 39.5 Å². The molecule has 0 aliphatic rings. The van der Waals surface area contributed by atoms with Crippen LogP contribution in [0.2, 0.25) is 0 Å². The minimum atomic E-state index is -0.214. The molecule has 1 aromatic rings. The van der Waals surface area contributed by atoms with E-state index in [2.05, 4.69) is 38.0 Å². The van der Waals surface area contributed by atoms with E-state index < -0.39 is 0 Å². The van der Waals surface area contributed by atoms with Crippen LogP contribution in [-0.2, 0) is 4.79 Å². The molecule has 5 N–H and O–H groups in total. The van der Waals surface area contributed by atoms with Crippen LogP contribution in [0, 0.1) is 0 Å². The number of aliphatic imine (C=N–C) groups is 1. The number of amides is 1. The monoisotopic (exact) mass is 276 g/mol. The molecule has 0 fully saturated rings. The Morgan fingerprint density at radius 3 is 2.05 bits per heavy atom. The van der Waals surface area contributed by atoms with E-state index in [0.29, 0.717) is 11.8 Å². The maximum absolute atomic E-state index is 11.9. The van der Waals surface area contributed by atoms with Crippen molar-refractivity contribution >= 4 is 17.6 Å². The summed E-state index contributed by atoms with van der Waals surface area (Å²) in [5.41, 5.74) is 13.6. The molecule has 0 spiro atoms. The van der Waals surface area contributed by atoms with Gasteiger partial charge in [0.05, 0.1) is 0 Å². The summed E-state index contributed by atoms with van der Waals surface area (Å²) in [6.45, 7) is 8.35. The molecule has 20 heavy (non-hydrogen) atoms. The maximum atomic E-state index is 11.9. The van der Waals surface area contributed by atoms with Crippen molar-refractivity contribution in [1.82, 2.24) is 0 Å².